The van der Waals surface area contributed by atoms with Crippen molar-refractivity contribution in [3.8, 4) is 11.5 Å². The minimum absolute atomic E-state index is 0.156. The Bertz CT molecular complexity index is 809. The number of benzene rings is 1. The van der Waals surface area contributed by atoms with Crippen LogP contribution in [0.5, 0.6) is 0 Å². The Kier molecular flexibility index (Phi) is 4.42. The van der Waals surface area contributed by atoms with E-state index in [4.69, 9.17) is 4.42 Å². The van der Waals surface area contributed by atoms with Crippen LogP contribution in [-0.4, -0.2) is 26.3 Å². The number of carbonyl (C=O) groups excluding carboxylic acids is 1. The number of aromatic nitrogens is 4. The van der Waals surface area contributed by atoms with Gasteiger partial charge in [0.25, 0.3) is 0 Å². The molecule has 0 saturated carbocycles. The fourth-order valence-corrected chi connectivity index (χ4v) is 2.52. The number of rotatable bonds is 5. The summed E-state index contributed by atoms with van der Waals surface area (Å²) in [5.74, 6) is 0.737. The maximum atomic E-state index is 11.8. The molecule has 7 nitrogen and oxygen atoms in total. The number of amides is 1. The summed E-state index contributed by atoms with van der Waals surface area (Å²) in [6.45, 7) is 3.85. The molecular weight excluding hydrogens is 314 g/mol. The molecule has 118 valence electrons. The van der Waals surface area contributed by atoms with Gasteiger partial charge in [-0.2, -0.15) is 0 Å². The molecule has 0 spiro atoms. The van der Waals surface area contributed by atoms with Crippen molar-refractivity contribution < 1.29 is 9.21 Å². The minimum Gasteiger partial charge on any atom is -0.421 e. The molecule has 0 bridgehead atoms. The van der Waals surface area contributed by atoms with Crippen LogP contribution in [0.25, 0.3) is 11.5 Å². The lowest BCUT2D eigenvalue weighted by Gasteiger charge is -1.98. The molecule has 0 radical (unpaired) electrons. The van der Waals surface area contributed by atoms with Crippen LogP contribution in [0, 0.1) is 13.8 Å². The summed E-state index contributed by atoms with van der Waals surface area (Å²) in [4.78, 5) is 11.8. The lowest BCUT2D eigenvalue weighted by molar-refractivity contribution is -0.116. The van der Waals surface area contributed by atoms with Gasteiger partial charge in [0.05, 0.1) is 0 Å². The van der Waals surface area contributed by atoms with Crippen molar-refractivity contribution in [2.45, 2.75) is 26.7 Å². The highest BCUT2D eigenvalue weighted by molar-refractivity contribution is 7.15. The van der Waals surface area contributed by atoms with Gasteiger partial charge < -0.3 is 9.73 Å². The maximum Gasteiger partial charge on any atom is 0.247 e. The molecule has 0 saturated heterocycles. The third-order valence-electron chi connectivity index (χ3n) is 3.10. The Morgan fingerprint density at radius 3 is 2.61 bits per heavy atom. The Morgan fingerprint density at radius 2 is 1.91 bits per heavy atom. The highest BCUT2D eigenvalue weighted by atomic mass is 32.1. The van der Waals surface area contributed by atoms with Crippen LogP contribution < -0.4 is 5.32 Å². The normalized spacial score (nSPS) is 10.7. The zero-order chi connectivity index (χ0) is 16.2. The Labute approximate surface area is 136 Å². The van der Waals surface area contributed by atoms with Gasteiger partial charge in [-0.15, -0.1) is 20.4 Å². The fraction of sp³-hybridized carbons (Fsp3) is 0.267. The Morgan fingerprint density at radius 1 is 1.13 bits per heavy atom. The first-order chi connectivity index (χ1) is 11.1. The van der Waals surface area contributed by atoms with E-state index in [1.807, 2.05) is 38.1 Å². The number of nitrogens with zero attached hydrogens (tertiary/aromatic N) is 4. The second-order valence-corrected chi connectivity index (χ2v) is 6.22. The van der Waals surface area contributed by atoms with E-state index in [0.717, 1.165) is 16.1 Å². The standard InChI is InChI=1S/C15H15N5O2S/c1-9-3-5-11(6-4-9)14-19-18-13(22-14)8-7-12(21)16-15-20-17-10(2)23-15/h3-6H,7-8H2,1-2H3,(H,16,20,21). The molecule has 0 atom stereocenters. The summed E-state index contributed by atoms with van der Waals surface area (Å²) in [5.41, 5.74) is 2.03. The van der Waals surface area contributed by atoms with E-state index < -0.39 is 0 Å². The van der Waals surface area contributed by atoms with Gasteiger partial charge in [-0.05, 0) is 26.0 Å². The largest absolute Gasteiger partial charge is 0.421 e. The third kappa shape index (κ3) is 3.98. The molecule has 1 N–H and O–H groups in total. The van der Waals surface area contributed by atoms with Crippen molar-refractivity contribution in [2.75, 3.05) is 5.32 Å². The number of anilines is 1. The van der Waals surface area contributed by atoms with Crippen LogP contribution in [0.2, 0.25) is 0 Å². The lowest BCUT2D eigenvalue weighted by Crippen LogP contribution is -2.12. The number of hydrogen-bond donors (Lipinski definition) is 1. The first-order valence-corrected chi connectivity index (χ1v) is 7.91. The molecule has 2 heterocycles. The number of nitrogens with one attached hydrogen (secondary N) is 1. The maximum absolute atomic E-state index is 11.8. The van der Waals surface area contributed by atoms with Crippen LogP contribution in [0.15, 0.2) is 28.7 Å². The van der Waals surface area contributed by atoms with Gasteiger partial charge in [0.2, 0.25) is 22.8 Å². The van der Waals surface area contributed by atoms with E-state index in [9.17, 15) is 4.79 Å². The molecule has 0 aliphatic heterocycles. The molecule has 3 rings (SSSR count). The van der Waals surface area contributed by atoms with Crippen molar-refractivity contribution in [1.82, 2.24) is 20.4 Å². The van der Waals surface area contributed by atoms with Gasteiger partial charge in [-0.25, -0.2) is 0 Å². The second kappa shape index (κ2) is 6.66. The predicted octanol–water partition coefficient (Wildman–Crippen LogP) is 2.78. The van der Waals surface area contributed by atoms with Gasteiger partial charge in [-0.3, -0.25) is 4.79 Å². The molecule has 8 heteroatoms. The highest BCUT2D eigenvalue weighted by Gasteiger charge is 2.11. The molecule has 0 aliphatic rings. The smallest absolute Gasteiger partial charge is 0.247 e. The zero-order valence-electron chi connectivity index (χ0n) is 12.7. The first kappa shape index (κ1) is 15.3. The topological polar surface area (TPSA) is 93.8 Å². The summed E-state index contributed by atoms with van der Waals surface area (Å²) in [6.07, 6.45) is 0.622. The van der Waals surface area contributed by atoms with Gasteiger partial charge in [-0.1, -0.05) is 29.0 Å². The third-order valence-corrected chi connectivity index (χ3v) is 3.86. The molecule has 3 aromatic rings. The van der Waals surface area contributed by atoms with Crippen molar-refractivity contribution in [3.63, 3.8) is 0 Å². The quantitative estimate of drug-likeness (QED) is 0.773. The predicted molar refractivity (Wildman–Crippen MR) is 86.1 cm³/mol. The SMILES string of the molecule is Cc1ccc(-c2nnc(CCC(=O)Nc3nnc(C)s3)o2)cc1. The van der Waals surface area contributed by atoms with Crippen molar-refractivity contribution in [1.29, 1.82) is 0 Å². The van der Waals surface area contributed by atoms with Gasteiger partial charge in [0.1, 0.15) is 5.01 Å². The van der Waals surface area contributed by atoms with Gasteiger partial charge in [0.15, 0.2) is 0 Å². The Balaban J connectivity index is 1.56. The fourth-order valence-electron chi connectivity index (χ4n) is 1.92. The van der Waals surface area contributed by atoms with Crippen LogP contribution in [0.3, 0.4) is 0 Å². The van der Waals surface area contributed by atoms with Gasteiger partial charge >= 0.3 is 0 Å². The van der Waals surface area contributed by atoms with E-state index in [1.54, 1.807) is 0 Å². The zero-order valence-corrected chi connectivity index (χ0v) is 13.6. The summed E-state index contributed by atoms with van der Waals surface area (Å²) >= 11 is 1.33. The monoisotopic (exact) mass is 329 g/mol. The molecule has 0 unspecified atom stereocenters. The molecular formula is C15H15N5O2S. The van der Waals surface area contributed by atoms with Gasteiger partial charge in [0, 0.05) is 18.4 Å². The van der Waals surface area contributed by atoms with Crippen molar-refractivity contribution >= 4 is 22.4 Å². The van der Waals surface area contributed by atoms with E-state index in [2.05, 4.69) is 25.7 Å². The minimum atomic E-state index is -0.156. The van der Waals surface area contributed by atoms with Crippen molar-refractivity contribution in [3.05, 3.63) is 40.7 Å². The van der Waals surface area contributed by atoms with E-state index in [0.29, 0.717) is 23.3 Å². The average Bonchev–Trinajstić information content (AvgIpc) is 3.15. The summed E-state index contributed by atoms with van der Waals surface area (Å²) in [5, 5.41) is 19.7. The van der Waals surface area contributed by atoms with E-state index >= 15 is 0 Å². The van der Waals surface area contributed by atoms with Crippen LogP contribution in [0.4, 0.5) is 5.13 Å². The highest BCUT2D eigenvalue weighted by Crippen LogP contribution is 2.19. The summed E-state index contributed by atoms with van der Waals surface area (Å²) in [7, 11) is 0. The molecule has 1 amide bonds. The van der Waals surface area contributed by atoms with Crippen LogP contribution in [0.1, 0.15) is 22.9 Å². The van der Waals surface area contributed by atoms with Crippen LogP contribution in [-0.2, 0) is 11.2 Å². The molecule has 2 aromatic heterocycles. The lowest BCUT2D eigenvalue weighted by atomic mass is 10.1. The van der Waals surface area contributed by atoms with Crippen molar-refractivity contribution in [2.24, 2.45) is 0 Å². The van der Waals surface area contributed by atoms with E-state index in [1.165, 1.54) is 11.3 Å². The molecule has 0 fully saturated rings. The first-order valence-electron chi connectivity index (χ1n) is 7.09. The molecule has 23 heavy (non-hydrogen) atoms. The van der Waals surface area contributed by atoms with E-state index in [-0.39, 0.29) is 12.3 Å². The summed E-state index contributed by atoms with van der Waals surface area (Å²) in [6, 6.07) is 7.82. The Hall–Kier alpha value is -2.61. The number of aryl methyl sites for hydroxylation is 3. The van der Waals surface area contributed by atoms with Crippen LogP contribution >= 0.6 is 11.3 Å². The number of hydrogen-bond acceptors (Lipinski definition) is 7. The molecule has 1 aromatic carbocycles. The number of carbonyl (C=O) groups is 1. The average molecular weight is 329 g/mol. The summed E-state index contributed by atoms with van der Waals surface area (Å²) < 4.78 is 5.59. The second-order valence-electron chi connectivity index (χ2n) is 5.04. The molecule has 0 aliphatic carbocycles.